The highest BCUT2D eigenvalue weighted by molar-refractivity contribution is 5.76. The van der Waals surface area contributed by atoms with E-state index in [1.807, 2.05) is 17.0 Å². The van der Waals surface area contributed by atoms with E-state index in [1.54, 1.807) is 24.6 Å². The third kappa shape index (κ3) is 3.51. The topological polar surface area (TPSA) is 73.4 Å². The van der Waals surface area contributed by atoms with Crippen LogP contribution in [-0.2, 0) is 11.2 Å². The zero-order valence-corrected chi connectivity index (χ0v) is 12.8. The molecule has 1 aliphatic heterocycles. The van der Waals surface area contributed by atoms with Crippen molar-refractivity contribution in [1.82, 2.24) is 9.88 Å². The minimum absolute atomic E-state index is 0.141. The van der Waals surface area contributed by atoms with E-state index in [1.165, 1.54) is 0 Å². The smallest absolute Gasteiger partial charge is 0.223 e. The summed E-state index contributed by atoms with van der Waals surface area (Å²) in [5.41, 5.74) is 0.574. The Kier molecular flexibility index (Phi) is 4.57. The van der Waals surface area contributed by atoms with Gasteiger partial charge in [0.2, 0.25) is 5.91 Å². The van der Waals surface area contributed by atoms with Gasteiger partial charge in [0.05, 0.1) is 11.8 Å². The molecule has 0 N–H and O–H groups in total. The quantitative estimate of drug-likeness (QED) is 0.861. The first-order valence-corrected chi connectivity index (χ1v) is 7.68. The molecule has 0 saturated carbocycles. The molecule has 2 aromatic rings. The van der Waals surface area contributed by atoms with Crippen LogP contribution >= 0.6 is 0 Å². The van der Waals surface area contributed by atoms with E-state index in [9.17, 15) is 4.79 Å². The third-order valence-corrected chi connectivity index (χ3v) is 4.00. The minimum atomic E-state index is 0.141. The van der Waals surface area contributed by atoms with Crippen LogP contribution in [-0.4, -0.2) is 42.0 Å². The Labute approximate surface area is 134 Å². The monoisotopic (exact) mass is 310 g/mol. The van der Waals surface area contributed by atoms with Gasteiger partial charge in [-0.3, -0.25) is 4.79 Å². The first-order chi connectivity index (χ1) is 11.3. The second kappa shape index (κ2) is 6.97. The highest BCUT2D eigenvalue weighted by Crippen LogP contribution is 2.18. The number of carbonyl (C=O) groups is 1. The molecule has 0 atom stereocenters. The van der Waals surface area contributed by atoms with Crippen LogP contribution in [0.5, 0.6) is 0 Å². The highest BCUT2D eigenvalue weighted by atomic mass is 16.3. The molecule has 3 heterocycles. The second-order valence-electron chi connectivity index (χ2n) is 5.43. The van der Waals surface area contributed by atoms with Crippen LogP contribution in [0.1, 0.15) is 17.7 Å². The Morgan fingerprint density at radius 3 is 2.78 bits per heavy atom. The number of anilines is 1. The molecule has 1 fully saturated rings. The first-order valence-electron chi connectivity index (χ1n) is 7.68. The molecule has 0 radical (unpaired) electrons. The number of aryl methyl sites for hydroxylation is 1. The van der Waals surface area contributed by atoms with Crippen LogP contribution in [0.2, 0.25) is 0 Å². The number of nitrogens with zero attached hydrogens (tertiary/aromatic N) is 4. The van der Waals surface area contributed by atoms with Gasteiger partial charge in [-0.2, -0.15) is 5.26 Å². The fourth-order valence-electron chi connectivity index (χ4n) is 2.75. The molecule has 1 aliphatic rings. The maximum Gasteiger partial charge on any atom is 0.223 e. The molecule has 0 unspecified atom stereocenters. The number of hydrogen-bond acceptors (Lipinski definition) is 5. The van der Waals surface area contributed by atoms with Crippen molar-refractivity contribution >= 4 is 11.7 Å². The van der Waals surface area contributed by atoms with Gasteiger partial charge < -0.3 is 14.2 Å². The van der Waals surface area contributed by atoms with Crippen LogP contribution in [0.4, 0.5) is 5.82 Å². The van der Waals surface area contributed by atoms with Crippen LogP contribution in [0.3, 0.4) is 0 Å². The molecule has 6 nitrogen and oxygen atoms in total. The van der Waals surface area contributed by atoms with E-state index < -0.39 is 0 Å². The molecular weight excluding hydrogens is 292 g/mol. The summed E-state index contributed by atoms with van der Waals surface area (Å²) in [6, 6.07) is 9.41. The van der Waals surface area contributed by atoms with Gasteiger partial charge in [0.15, 0.2) is 0 Å². The molecule has 3 rings (SSSR count). The summed E-state index contributed by atoms with van der Waals surface area (Å²) in [5.74, 6) is 1.68. The number of carbonyl (C=O) groups excluding carboxylic acids is 1. The Bertz CT molecular complexity index is 698. The van der Waals surface area contributed by atoms with Gasteiger partial charge in [-0.05, 0) is 24.3 Å². The standard InChI is InChI=1S/C17H18N4O2/c18-13-14-3-1-7-19-17(14)21-10-8-20(9-11-21)16(22)6-5-15-4-2-12-23-15/h1-4,7,12H,5-6,8-11H2. The van der Waals surface area contributed by atoms with E-state index in [4.69, 9.17) is 9.68 Å². The SMILES string of the molecule is N#Cc1cccnc1N1CCN(C(=O)CCc2ccco2)CC1. The molecule has 1 amide bonds. The third-order valence-electron chi connectivity index (χ3n) is 4.00. The summed E-state index contributed by atoms with van der Waals surface area (Å²) in [7, 11) is 0. The summed E-state index contributed by atoms with van der Waals surface area (Å²) < 4.78 is 5.25. The van der Waals surface area contributed by atoms with E-state index >= 15 is 0 Å². The summed E-state index contributed by atoms with van der Waals surface area (Å²) >= 11 is 0. The van der Waals surface area contributed by atoms with Gasteiger partial charge in [0, 0.05) is 45.2 Å². The largest absolute Gasteiger partial charge is 0.469 e. The average Bonchev–Trinajstić information content (AvgIpc) is 3.13. The summed E-state index contributed by atoms with van der Waals surface area (Å²) in [6.45, 7) is 2.69. The molecule has 0 spiro atoms. The Morgan fingerprint density at radius 2 is 2.09 bits per heavy atom. The van der Waals surface area contributed by atoms with Gasteiger partial charge in [-0.15, -0.1) is 0 Å². The van der Waals surface area contributed by atoms with E-state index in [-0.39, 0.29) is 5.91 Å². The van der Waals surface area contributed by atoms with Crippen molar-refractivity contribution in [3.8, 4) is 6.07 Å². The molecule has 6 heteroatoms. The number of furan rings is 1. The molecule has 23 heavy (non-hydrogen) atoms. The Balaban J connectivity index is 1.54. The first kappa shape index (κ1) is 15.1. The van der Waals surface area contributed by atoms with Gasteiger partial charge in [0.25, 0.3) is 0 Å². The van der Waals surface area contributed by atoms with Gasteiger partial charge in [-0.25, -0.2) is 4.98 Å². The predicted molar refractivity (Wildman–Crippen MR) is 84.8 cm³/mol. The van der Waals surface area contributed by atoms with Crippen molar-refractivity contribution in [2.24, 2.45) is 0 Å². The summed E-state index contributed by atoms with van der Waals surface area (Å²) in [4.78, 5) is 20.5. The van der Waals surface area contributed by atoms with E-state index in [0.29, 0.717) is 50.4 Å². The fraction of sp³-hybridized carbons (Fsp3) is 0.353. The highest BCUT2D eigenvalue weighted by Gasteiger charge is 2.23. The zero-order chi connectivity index (χ0) is 16.1. The molecule has 118 valence electrons. The molecule has 1 saturated heterocycles. The van der Waals surface area contributed by atoms with Crippen LogP contribution in [0, 0.1) is 11.3 Å². The second-order valence-corrected chi connectivity index (χ2v) is 5.43. The number of amides is 1. The lowest BCUT2D eigenvalue weighted by Crippen LogP contribution is -2.49. The Morgan fingerprint density at radius 1 is 1.26 bits per heavy atom. The van der Waals surface area contributed by atoms with Crippen molar-refractivity contribution in [1.29, 1.82) is 5.26 Å². The minimum Gasteiger partial charge on any atom is -0.469 e. The van der Waals surface area contributed by atoms with Crippen LogP contribution in [0.15, 0.2) is 41.1 Å². The van der Waals surface area contributed by atoms with Gasteiger partial charge in [-0.1, -0.05) is 0 Å². The van der Waals surface area contributed by atoms with Gasteiger partial charge in [0.1, 0.15) is 17.6 Å². The number of hydrogen-bond donors (Lipinski definition) is 0. The van der Waals surface area contributed by atoms with Crippen molar-refractivity contribution in [3.05, 3.63) is 48.0 Å². The molecular formula is C17H18N4O2. The number of piperazine rings is 1. The normalized spacial score (nSPS) is 14.6. The van der Waals surface area contributed by atoms with Crippen molar-refractivity contribution in [2.45, 2.75) is 12.8 Å². The zero-order valence-electron chi connectivity index (χ0n) is 12.8. The predicted octanol–water partition coefficient (Wildman–Crippen LogP) is 1.83. The molecule has 0 aliphatic carbocycles. The summed E-state index contributed by atoms with van der Waals surface area (Å²) in [5, 5.41) is 9.16. The van der Waals surface area contributed by atoms with Gasteiger partial charge >= 0.3 is 0 Å². The molecule has 2 aromatic heterocycles. The fourth-order valence-corrected chi connectivity index (χ4v) is 2.75. The van der Waals surface area contributed by atoms with E-state index in [2.05, 4.69) is 16.0 Å². The van der Waals surface area contributed by atoms with E-state index in [0.717, 1.165) is 5.76 Å². The lowest BCUT2D eigenvalue weighted by Gasteiger charge is -2.35. The Hall–Kier alpha value is -2.81. The van der Waals surface area contributed by atoms with Crippen molar-refractivity contribution in [3.63, 3.8) is 0 Å². The number of aromatic nitrogens is 1. The summed E-state index contributed by atoms with van der Waals surface area (Å²) in [6.07, 6.45) is 4.40. The number of nitriles is 1. The number of rotatable bonds is 4. The molecule has 0 aromatic carbocycles. The lowest BCUT2D eigenvalue weighted by atomic mass is 10.2. The molecule has 0 bridgehead atoms. The maximum atomic E-state index is 12.3. The van der Waals surface area contributed by atoms with Crippen molar-refractivity contribution < 1.29 is 9.21 Å². The maximum absolute atomic E-state index is 12.3. The van der Waals surface area contributed by atoms with Crippen molar-refractivity contribution in [2.75, 3.05) is 31.1 Å². The lowest BCUT2D eigenvalue weighted by molar-refractivity contribution is -0.131. The van der Waals surface area contributed by atoms with Crippen LogP contribution < -0.4 is 4.90 Å². The average molecular weight is 310 g/mol. The van der Waals surface area contributed by atoms with Crippen LogP contribution in [0.25, 0.3) is 0 Å². The number of pyridine rings is 1.